The molecule has 0 fully saturated rings. The summed E-state index contributed by atoms with van der Waals surface area (Å²) in [5, 5.41) is 6.46. The Balaban J connectivity index is 2.20. The molecule has 0 aliphatic carbocycles. The van der Waals surface area contributed by atoms with Crippen LogP contribution in [0.1, 0.15) is 20.3 Å². The van der Waals surface area contributed by atoms with Gasteiger partial charge in [0.2, 0.25) is 0 Å². The summed E-state index contributed by atoms with van der Waals surface area (Å²) >= 11 is 0. The van der Waals surface area contributed by atoms with Crippen LogP contribution in [-0.4, -0.2) is 16.0 Å². The first-order chi connectivity index (χ1) is 9.20. The summed E-state index contributed by atoms with van der Waals surface area (Å²) in [5.74, 6) is 1.29. The van der Waals surface area contributed by atoms with Crippen LogP contribution in [0.5, 0.6) is 0 Å². The van der Waals surface area contributed by atoms with Gasteiger partial charge in [-0.25, -0.2) is 9.97 Å². The highest BCUT2D eigenvalue weighted by molar-refractivity contribution is 5.77. The Kier molecular flexibility index (Phi) is 4.18. The molecule has 0 amide bonds. The summed E-state index contributed by atoms with van der Waals surface area (Å²) in [5.41, 5.74) is 7.56. The Bertz CT molecular complexity index is 527. The van der Waals surface area contributed by atoms with Crippen LogP contribution in [0, 0.1) is 0 Å². The quantitative estimate of drug-likeness (QED) is 0.767. The van der Waals surface area contributed by atoms with Gasteiger partial charge in [-0.05, 0) is 25.5 Å². The number of anilines is 4. The molecule has 5 nitrogen and oxygen atoms in total. The lowest BCUT2D eigenvalue weighted by molar-refractivity contribution is 0.759. The van der Waals surface area contributed by atoms with Crippen molar-refractivity contribution in [2.45, 2.75) is 26.3 Å². The van der Waals surface area contributed by atoms with Crippen molar-refractivity contribution < 1.29 is 0 Å². The van der Waals surface area contributed by atoms with Gasteiger partial charge in [-0.1, -0.05) is 25.1 Å². The largest absolute Gasteiger partial charge is 0.393 e. The first-order valence-corrected chi connectivity index (χ1v) is 6.39. The highest BCUT2D eigenvalue weighted by Crippen LogP contribution is 2.26. The second kappa shape index (κ2) is 6.04. The van der Waals surface area contributed by atoms with Crippen LogP contribution >= 0.6 is 0 Å². The summed E-state index contributed by atoms with van der Waals surface area (Å²) in [4.78, 5) is 8.36. The minimum atomic E-state index is 0.321. The Morgan fingerprint density at radius 3 is 2.53 bits per heavy atom. The minimum Gasteiger partial charge on any atom is -0.393 e. The van der Waals surface area contributed by atoms with E-state index in [1.165, 1.54) is 6.33 Å². The molecule has 5 heteroatoms. The van der Waals surface area contributed by atoms with Gasteiger partial charge in [0.15, 0.2) is 11.6 Å². The van der Waals surface area contributed by atoms with Crippen LogP contribution in [0.2, 0.25) is 0 Å². The van der Waals surface area contributed by atoms with E-state index in [0.29, 0.717) is 23.4 Å². The molecule has 0 spiro atoms. The molecule has 0 aliphatic heterocycles. The predicted octanol–water partition coefficient (Wildman–Crippen LogP) is 3.01. The average molecular weight is 257 g/mol. The smallest absolute Gasteiger partial charge is 0.159 e. The fraction of sp³-hybridized carbons (Fsp3) is 0.286. The Hall–Kier alpha value is -2.30. The highest BCUT2D eigenvalue weighted by Gasteiger charge is 2.09. The van der Waals surface area contributed by atoms with Gasteiger partial charge in [-0.15, -0.1) is 0 Å². The number of aromatic nitrogens is 2. The zero-order valence-electron chi connectivity index (χ0n) is 11.2. The van der Waals surface area contributed by atoms with Crippen LogP contribution in [-0.2, 0) is 0 Å². The maximum atomic E-state index is 6.08. The molecule has 2 aromatic rings. The molecule has 1 unspecified atom stereocenters. The van der Waals surface area contributed by atoms with E-state index in [0.717, 1.165) is 12.1 Å². The van der Waals surface area contributed by atoms with Crippen LogP contribution in [0.3, 0.4) is 0 Å². The van der Waals surface area contributed by atoms with Crippen molar-refractivity contribution in [2.75, 3.05) is 16.4 Å². The van der Waals surface area contributed by atoms with Crippen molar-refractivity contribution in [3.63, 3.8) is 0 Å². The van der Waals surface area contributed by atoms with E-state index in [1.807, 2.05) is 30.3 Å². The van der Waals surface area contributed by atoms with Crippen molar-refractivity contribution in [1.29, 1.82) is 0 Å². The lowest BCUT2D eigenvalue weighted by Crippen LogP contribution is -2.16. The molecular weight excluding hydrogens is 238 g/mol. The van der Waals surface area contributed by atoms with Gasteiger partial charge in [-0.3, -0.25) is 0 Å². The molecule has 1 aromatic carbocycles. The topological polar surface area (TPSA) is 75.9 Å². The number of para-hydroxylation sites is 1. The van der Waals surface area contributed by atoms with Gasteiger partial charge < -0.3 is 16.4 Å². The number of benzene rings is 1. The molecule has 0 bridgehead atoms. The molecule has 0 saturated heterocycles. The number of rotatable bonds is 5. The van der Waals surface area contributed by atoms with Crippen LogP contribution in [0.25, 0.3) is 0 Å². The average Bonchev–Trinajstić information content (AvgIpc) is 2.44. The summed E-state index contributed by atoms with van der Waals surface area (Å²) in [7, 11) is 0. The van der Waals surface area contributed by atoms with Gasteiger partial charge >= 0.3 is 0 Å². The SMILES string of the molecule is CCC(C)Nc1ncnc(Nc2ccccc2)c1N. The predicted molar refractivity (Wildman–Crippen MR) is 79.5 cm³/mol. The lowest BCUT2D eigenvalue weighted by Gasteiger charge is -2.15. The van der Waals surface area contributed by atoms with Crippen molar-refractivity contribution in [1.82, 2.24) is 9.97 Å². The Labute approximate surface area is 113 Å². The summed E-state index contributed by atoms with van der Waals surface area (Å²) in [6.07, 6.45) is 2.51. The highest BCUT2D eigenvalue weighted by atomic mass is 15.1. The number of hydrogen-bond donors (Lipinski definition) is 3. The fourth-order valence-electron chi connectivity index (χ4n) is 1.60. The van der Waals surface area contributed by atoms with Crippen LogP contribution in [0.4, 0.5) is 23.0 Å². The van der Waals surface area contributed by atoms with E-state index < -0.39 is 0 Å². The zero-order chi connectivity index (χ0) is 13.7. The maximum Gasteiger partial charge on any atom is 0.159 e. The van der Waals surface area contributed by atoms with E-state index in [1.54, 1.807) is 0 Å². The number of nitrogens with two attached hydrogens (primary N) is 1. The second-order valence-electron chi connectivity index (χ2n) is 4.43. The number of nitrogen functional groups attached to an aromatic ring is 1. The molecule has 100 valence electrons. The Morgan fingerprint density at radius 2 is 1.84 bits per heavy atom. The van der Waals surface area contributed by atoms with Crippen LogP contribution < -0.4 is 16.4 Å². The van der Waals surface area contributed by atoms with E-state index in [9.17, 15) is 0 Å². The van der Waals surface area contributed by atoms with E-state index in [2.05, 4.69) is 34.4 Å². The number of hydrogen-bond acceptors (Lipinski definition) is 5. The van der Waals surface area contributed by atoms with Gasteiger partial charge in [0.05, 0.1) is 0 Å². The monoisotopic (exact) mass is 257 g/mol. The first-order valence-electron chi connectivity index (χ1n) is 6.39. The molecule has 1 atom stereocenters. The second-order valence-corrected chi connectivity index (χ2v) is 4.43. The number of nitrogens with one attached hydrogen (secondary N) is 2. The normalized spacial score (nSPS) is 11.9. The van der Waals surface area contributed by atoms with Crippen molar-refractivity contribution in [2.24, 2.45) is 0 Å². The van der Waals surface area contributed by atoms with Gasteiger partial charge in [0.1, 0.15) is 12.0 Å². The third-order valence-corrected chi connectivity index (χ3v) is 2.92. The van der Waals surface area contributed by atoms with Crippen LogP contribution in [0.15, 0.2) is 36.7 Å². The van der Waals surface area contributed by atoms with E-state index in [4.69, 9.17) is 5.73 Å². The van der Waals surface area contributed by atoms with Gasteiger partial charge in [0.25, 0.3) is 0 Å². The maximum absolute atomic E-state index is 6.08. The standard InChI is InChI=1S/C14H19N5/c1-3-10(2)18-13-12(15)14(17-9-16-13)19-11-7-5-4-6-8-11/h4-10H,3,15H2,1-2H3,(H2,16,17,18,19). The fourth-order valence-corrected chi connectivity index (χ4v) is 1.60. The minimum absolute atomic E-state index is 0.321. The molecule has 0 aliphatic rings. The zero-order valence-corrected chi connectivity index (χ0v) is 11.2. The summed E-state index contributed by atoms with van der Waals surface area (Å²) in [6, 6.07) is 10.1. The van der Waals surface area contributed by atoms with Crippen molar-refractivity contribution >= 4 is 23.0 Å². The molecule has 4 N–H and O–H groups in total. The van der Waals surface area contributed by atoms with E-state index in [-0.39, 0.29) is 0 Å². The van der Waals surface area contributed by atoms with Gasteiger partial charge in [0, 0.05) is 11.7 Å². The van der Waals surface area contributed by atoms with E-state index >= 15 is 0 Å². The van der Waals surface area contributed by atoms with Crippen molar-refractivity contribution in [3.8, 4) is 0 Å². The van der Waals surface area contributed by atoms with Crippen molar-refractivity contribution in [3.05, 3.63) is 36.7 Å². The molecule has 19 heavy (non-hydrogen) atoms. The molecule has 1 aromatic heterocycles. The summed E-state index contributed by atoms with van der Waals surface area (Å²) in [6.45, 7) is 4.20. The molecule has 0 radical (unpaired) electrons. The molecule has 0 saturated carbocycles. The molecular formula is C14H19N5. The number of nitrogens with zero attached hydrogens (tertiary/aromatic N) is 2. The molecule has 2 rings (SSSR count). The first kappa shape index (κ1) is 13.1. The lowest BCUT2D eigenvalue weighted by atomic mass is 10.2. The summed E-state index contributed by atoms with van der Waals surface area (Å²) < 4.78 is 0. The van der Waals surface area contributed by atoms with Gasteiger partial charge in [-0.2, -0.15) is 0 Å². The third kappa shape index (κ3) is 3.34. The Morgan fingerprint density at radius 1 is 1.16 bits per heavy atom. The third-order valence-electron chi connectivity index (χ3n) is 2.92. The molecule has 1 heterocycles.